The number of benzene rings is 2. The molecule has 3 rings (SSSR count). The molecule has 0 aromatic heterocycles. The predicted molar refractivity (Wildman–Crippen MR) is 75.9 cm³/mol. The first-order chi connectivity index (χ1) is 8.22. The fourth-order valence-electron chi connectivity index (χ4n) is 2.32. The van der Waals surface area contributed by atoms with Gasteiger partial charge in [0.25, 0.3) is 0 Å². The van der Waals surface area contributed by atoms with Crippen molar-refractivity contribution < 1.29 is 0 Å². The van der Waals surface area contributed by atoms with E-state index in [9.17, 15) is 0 Å². The summed E-state index contributed by atoms with van der Waals surface area (Å²) in [5.74, 6) is 0.521. The summed E-state index contributed by atoms with van der Waals surface area (Å²) in [5.41, 5.74) is 3.96. The molecular weight excluding hydrogens is 204 g/mol. The van der Waals surface area contributed by atoms with Crippen LogP contribution in [0.15, 0.2) is 42.5 Å². The summed E-state index contributed by atoms with van der Waals surface area (Å²) >= 11 is 0. The van der Waals surface area contributed by atoms with Gasteiger partial charge in [-0.05, 0) is 46.9 Å². The molecule has 0 heteroatoms. The number of hydrogen-bond acceptors (Lipinski definition) is 0. The molecule has 0 aliphatic heterocycles. The fraction of sp³-hybridized carbons (Fsp3) is 0.176. The molecule has 1 atom stereocenters. The molecule has 0 bridgehead atoms. The summed E-state index contributed by atoms with van der Waals surface area (Å²) in [6.07, 6.45) is 8.98. The van der Waals surface area contributed by atoms with Crippen molar-refractivity contribution in [2.45, 2.75) is 13.8 Å². The van der Waals surface area contributed by atoms with Gasteiger partial charge in [0, 0.05) is 0 Å². The van der Waals surface area contributed by atoms with Crippen molar-refractivity contribution >= 4 is 22.9 Å². The van der Waals surface area contributed by atoms with Crippen molar-refractivity contribution in [3.63, 3.8) is 0 Å². The zero-order valence-electron chi connectivity index (χ0n) is 10.3. The zero-order valence-corrected chi connectivity index (χ0v) is 10.3. The maximum atomic E-state index is 2.29. The second kappa shape index (κ2) is 3.89. The molecule has 0 saturated carbocycles. The van der Waals surface area contributed by atoms with Gasteiger partial charge in [0.2, 0.25) is 0 Å². The first-order valence-electron chi connectivity index (χ1n) is 6.13. The van der Waals surface area contributed by atoms with E-state index >= 15 is 0 Å². The third-order valence-corrected chi connectivity index (χ3v) is 3.36. The van der Waals surface area contributed by atoms with Crippen LogP contribution in [0.1, 0.15) is 23.6 Å². The van der Waals surface area contributed by atoms with Gasteiger partial charge in [0.15, 0.2) is 0 Å². The van der Waals surface area contributed by atoms with Gasteiger partial charge >= 0.3 is 0 Å². The summed E-state index contributed by atoms with van der Waals surface area (Å²) in [6, 6.07) is 11.2. The molecule has 0 nitrogen and oxygen atoms in total. The molecule has 84 valence electrons. The summed E-state index contributed by atoms with van der Waals surface area (Å²) < 4.78 is 0. The largest absolute Gasteiger partial charge is 0.0773 e. The summed E-state index contributed by atoms with van der Waals surface area (Å²) in [5, 5.41) is 2.65. The lowest BCUT2D eigenvalue weighted by Gasteiger charge is -2.05. The third kappa shape index (κ3) is 1.91. The van der Waals surface area contributed by atoms with Crippen LogP contribution in [0.4, 0.5) is 0 Å². The molecule has 0 spiro atoms. The lowest BCUT2D eigenvalue weighted by Crippen LogP contribution is -1.83. The van der Waals surface area contributed by atoms with Gasteiger partial charge in [-0.15, -0.1) is 0 Å². The highest BCUT2D eigenvalue weighted by Crippen LogP contribution is 2.26. The molecule has 0 saturated heterocycles. The Bertz CT molecular complexity index is 630. The van der Waals surface area contributed by atoms with Crippen molar-refractivity contribution in [1.82, 2.24) is 0 Å². The van der Waals surface area contributed by atoms with Crippen molar-refractivity contribution in [2.75, 3.05) is 0 Å². The van der Waals surface area contributed by atoms with Crippen LogP contribution < -0.4 is 0 Å². The van der Waals surface area contributed by atoms with Crippen LogP contribution in [0.2, 0.25) is 0 Å². The van der Waals surface area contributed by atoms with E-state index in [2.05, 4.69) is 68.5 Å². The van der Waals surface area contributed by atoms with Gasteiger partial charge in [-0.1, -0.05) is 55.0 Å². The van der Waals surface area contributed by atoms with Crippen LogP contribution in [0.5, 0.6) is 0 Å². The monoisotopic (exact) mass is 220 g/mol. The van der Waals surface area contributed by atoms with Gasteiger partial charge in [0.05, 0.1) is 0 Å². The molecule has 0 radical (unpaired) electrons. The Labute approximate surface area is 102 Å². The van der Waals surface area contributed by atoms with E-state index in [0.717, 1.165) is 0 Å². The lowest BCUT2D eigenvalue weighted by atomic mass is 9.99. The van der Waals surface area contributed by atoms with Crippen LogP contribution in [-0.4, -0.2) is 0 Å². The lowest BCUT2D eigenvalue weighted by molar-refractivity contribution is 0.954. The SMILES string of the molecule is Cc1ccc2cc3c(cc2c1)C=CC(C)C=C3. The maximum absolute atomic E-state index is 2.29. The molecule has 1 aliphatic carbocycles. The Morgan fingerprint density at radius 3 is 2.18 bits per heavy atom. The molecule has 17 heavy (non-hydrogen) atoms. The minimum absolute atomic E-state index is 0.521. The molecule has 0 N–H and O–H groups in total. The normalized spacial score (nSPS) is 18.1. The summed E-state index contributed by atoms with van der Waals surface area (Å²) in [7, 11) is 0. The van der Waals surface area contributed by atoms with Crippen molar-refractivity contribution in [3.05, 3.63) is 59.2 Å². The summed E-state index contributed by atoms with van der Waals surface area (Å²) in [6.45, 7) is 4.35. The van der Waals surface area contributed by atoms with E-state index in [1.165, 1.54) is 27.5 Å². The average Bonchev–Trinajstić information content (AvgIpc) is 2.49. The second-order valence-electron chi connectivity index (χ2n) is 4.91. The number of rotatable bonds is 0. The van der Waals surface area contributed by atoms with Crippen molar-refractivity contribution in [2.24, 2.45) is 5.92 Å². The van der Waals surface area contributed by atoms with Crippen LogP contribution >= 0.6 is 0 Å². The minimum Gasteiger partial charge on any atom is -0.0773 e. The van der Waals surface area contributed by atoms with Crippen LogP contribution in [0, 0.1) is 12.8 Å². The molecule has 0 amide bonds. The van der Waals surface area contributed by atoms with E-state index in [0.29, 0.717) is 5.92 Å². The molecular formula is C17H16. The highest BCUT2D eigenvalue weighted by Gasteiger charge is 2.04. The van der Waals surface area contributed by atoms with Gasteiger partial charge < -0.3 is 0 Å². The predicted octanol–water partition coefficient (Wildman–Crippen LogP) is 4.82. The van der Waals surface area contributed by atoms with Crippen molar-refractivity contribution in [1.29, 1.82) is 0 Å². The van der Waals surface area contributed by atoms with E-state index in [4.69, 9.17) is 0 Å². The average molecular weight is 220 g/mol. The smallest absolute Gasteiger partial charge is 0.00752 e. The van der Waals surface area contributed by atoms with Gasteiger partial charge in [-0.25, -0.2) is 0 Å². The first kappa shape index (κ1) is 10.3. The van der Waals surface area contributed by atoms with Crippen LogP contribution in [0.25, 0.3) is 22.9 Å². The quantitative estimate of drug-likeness (QED) is 0.597. The molecule has 0 heterocycles. The van der Waals surface area contributed by atoms with E-state index < -0.39 is 0 Å². The van der Waals surface area contributed by atoms with Crippen molar-refractivity contribution in [3.8, 4) is 0 Å². The Balaban J connectivity index is 2.27. The molecule has 1 aliphatic rings. The van der Waals surface area contributed by atoms with E-state index in [-0.39, 0.29) is 0 Å². The third-order valence-electron chi connectivity index (χ3n) is 3.36. The number of allylic oxidation sites excluding steroid dienone is 2. The highest BCUT2D eigenvalue weighted by atomic mass is 14.1. The Hall–Kier alpha value is -1.82. The number of hydrogen-bond donors (Lipinski definition) is 0. The van der Waals surface area contributed by atoms with E-state index in [1.54, 1.807) is 0 Å². The Morgan fingerprint density at radius 1 is 0.824 bits per heavy atom. The highest BCUT2D eigenvalue weighted by molar-refractivity contribution is 5.89. The Kier molecular flexibility index (Phi) is 2.36. The second-order valence-corrected chi connectivity index (χ2v) is 4.91. The molecule has 1 unspecified atom stereocenters. The van der Waals surface area contributed by atoms with Crippen LogP contribution in [0.3, 0.4) is 0 Å². The molecule has 0 fully saturated rings. The topological polar surface area (TPSA) is 0 Å². The molecule has 2 aromatic rings. The zero-order chi connectivity index (χ0) is 11.8. The van der Waals surface area contributed by atoms with Gasteiger partial charge in [-0.3, -0.25) is 0 Å². The van der Waals surface area contributed by atoms with Gasteiger partial charge in [0.1, 0.15) is 0 Å². The van der Waals surface area contributed by atoms with Gasteiger partial charge in [-0.2, -0.15) is 0 Å². The minimum atomic E-state index is 0.521. The fourth-order valence-corrected chi connectivity index (χ4v) is 2.32. The number of fused-ring (bicyclic) bond motifs is 2. The van der Waals surface area contributed by atoms with Crippen LogP contribution in [-0.2, 0) is 0 Å². The standard InChI is InChI=1S/C17H16/c1-12-3-6-14-10-16-8-5-13(2)9-17(16)11-15(14)7-4-12/h3-12H,1-2H3. The maximum Gasteiger partial charge on any atom is -0.00752 e. The number of aryl methyl sites for hydroxylation is 1. The summed E-state index contributed by atoms with van der Waals surface area (Å²) in [4.78, 5) is 0. The molecule has 2 aromatic carbocycles. The first-order valence-corrected chi connectivity index (χ1v) is 6.13. The Morgan fingerprint density at radius 2 is 1.47 bits per heavy atom. The van der Waals surface area contributed by atoms with E-state index in [1.807, 2.05) is 0 Å².